The molecule has 1 unspecified atom stereocenters. The first kappa shape index (κ1) is 20.6. The molecular weight excluding hydrogens is 382 g/mol. The summed E-state index contributed by atoms with van der Waals surface area (Å²) in [6.45, 7) is 3.26. The first-order chi connectivity index (χ1) is 13.3. The molecule has 8 nitrogen and oxygen atoms in total. The Kier molecular flexibility index (Phi) is 6.24. The summed E-state index contributed by atoms with van der Waals surface area (Å²) in [5.41, 5.74) is 1.04. The van der Waals surface area contributed by atoms with Gasteiger partial charge in [0.15, 0.2) is 0 Å². The fourth-order valence-electron chi connectivity index (χ4n) is 3.80. The molecule has 0 bridgehead atoms. The van der Waals surface area contributed by atoms with Gasteiger partial charge in [0.2, 0.25) is 15.9 Å². The minimum absolute atomic E-state index is 0.212. The van der Waals surface area contributed by atoms with E-state index < -0.39 is 22.2 Å². The topological polar surface area (TPSA) is 96.0 Å². The molecule has 1 aromatic rings. The molecule has 0 aromatic heterocycles. The maximum absolute atomic E-state index is 13.0. The smallest absolute Gasteiger partial charge is 0.410 e. The molecule has 0 saturated carbocycles. The van der Waals surface area contributed by atoms with E-state index in [0.717, 1.165) is 25.7 Å². The number of rotatable bonds is 4. The van der Waals surface area contributed by atoms with Gasteiger partial charge in [0.1, 0.15) is 6.04 Å². The third kappa shape index (κ3) is 4.15. The van der Waals surface area contributed by atoms with Crippen LogP contribution in [0.15, 0.2) is 23.1 Å². The van der Waals surface area contributed by atoms with Gasteiger partial charge in [-0.2, -0.15) is 4.31 Å². The number of benzene rings is 1. The van der Waals surface area contributed by atoms with Crippen LogP contribution in [0, 0.1) is 6.92 Å². The molecule has 2 aliphatic heterocycles. The molecule has 0 radical (unpaired) electrons. The highest BCUT2D eigenvalue weighted by Crippen LogP contribution is 2.27. The van der Waals surface area contributed by atoms with E-state index in [1.54, 1.807) is 19.1 Å². The first-order valence-corrected chi connectivity index (χ1v) is 11.0. The van der Waals surface area contributed by atoms with Gasteiger partial charge in [0.25, 0.3) is 0 Å². The van der Waals surface area contributed by atoms with Gasteiger partial charge in [-0.3, -0.25) is 9.69 Å². The Hall–Kier alpha value is -2.13. The molecule has 1 aromatic carbocycles. The lowest BCUT2D eigenvalue weighted by Crippen LogP contribution is -2.43. The molecule has 0 spiro atoms. The molecule has 2 aliphatic rings. The van der Waals surface area contributed by atoms with E-state index in [1.807, 2.05) is 0 Å². The molecule has 9 heteroatoms. The zero-order chi connectivity index (χ0) is 20.3. The predicted molar refractivity (Wildman–Crippen MR) is 105 cm³/mol. The normalized spacial score (nSPS) is 20.8. The second kappa shape index (κ2) is 8.48. The van der Waals surface area contributed by atoms with E-state index in [1.165, 1.54) is 22.4 Å². The summed E-state index contributed by atoms with van der Waals surface area (Å²) in [4.78, 5) is 26.1. The first-order valence-electron chi connectivity index (χ1n) is 9.61. The number of carbonyl (C=O) groups is 2. The van der Waals surface area contributed by atoms with Crippen LogP contribution in [0.2, 0.25) is 0 Å². The van der Waals surface area contributed by atoms with E-state index in [0.29, 0.717) is 37.3 Å². The fourth-order valence-corrected chi connectivity index (χ4v) is 5.57. The van der Waals surface area contributed by atoms with Crippen LogP contribution in [0.3, 0.4) is 0 Å². The van der Waals surface area contributed by atoms with Crippen molar-refractivity contribution in [2.24, 2.45) is 0 Å². The van der Waals surface area contributed by atoms with Gasteiger partial charge in [0, 0.05) is 25.3 Å². The third-order valence-electron chi connectivity index (χ3n) is 5.35. The second-order valence-corrected chi connectivity index (χ2v) is 9.16. The van der Waals surface area contributed by atoms with Gasteiger partial charge in [-0.1, -0.05) is 12.5 Å². The van der Waals surface area contributed by atoms with E-state index >= 15 is 0 Å². The van der Waals surface area contributed by atoms with Crippen molar-refractivity contribution in [3.05, 3.63) is 23.8 Å². The van der Waals surface area contributed by atoms with E-state index in [-0.39, 0.29) is 10.8 Å². The van der Waals surface area contributed by atoms with Gasteiger partial charge in [-0.25, -0.2) is 13.2 Å². The van der Waals surface area contributed by atoms with Crippen molar-refractivity contribution in [3.63, 3.8) is 0 Å². The molecule has 2 heterocycles. The number of aryl methyl sites for hydroxylation is 1. The molecule has 1 atom stereocenters. The summed E-state index contributed by atoms with van der Waals surface area (Å²) in [6, 6.07) is 4.27. The summed E-state index contributed by atoms with van der Waals surface area (Å²) in [6.07, 6.45) is 3.50. The minimum atomic E-state index is -3.60. The Morgan fingerprint density at radius 1 is 1.11 bits per heavy atom. The van der Waals surface area contributed by atoms with Crippen molar-refractivity contribution >= 4 is 27.7 Å². The molecule has 3 rings (SSSR count). The molecule has 2 saturated heterocycles. The van der Waals surface area contributed by atoms with E-state index in [9.17, 15) is 18.0 Å². The monoisotopic (exact) mass is 409 g/mol. The van der Waals surface area contributed by atoms with Gasteiger partial charge >= 0.3 is 6.09 Å². The number of hydrogen-bond donors (Lipinski definition) is 1. The number of methoxy groups -OCH3 is 1. The van der Waals surface area contributed by atoms with Gasteiger partial charge in [-0.05, 0) is 50.3 Å². The van der Waals surface area contributed by atoms with Crippen molar-refractivity contribution < 1.29 is 22.7 Å². The van der Waals surface area contributed by atoms with Crippen molar-refractivity contribution in [1.82, 2.24) is 9.21 Å². The summed E-state index contributed by atoms with van der Waals surface area (Å²) < 4.78 is 32.3. The van der Waals surface area contributed by atoms with Crippen LogP contribution >= 0.6 is 0 Å². The zero-order valence-electron chi connectivity index (χ0n) is 16.3. The Bertz CT molecular complexity index is 849. The summed E-state index contributed by atoms with van der Waals surface area (Å²) in [7, 11) is -2.32. The molecule has 2 amide bonds. The molecule has 1 N–H and O–H groups in total. The van der Waals surface area contributed by atoms with Crippen LogP contribution in [-0.4, -0.2) is 62.4 Å². The van der Waals surface area contributed by atoms with Crippen molar-refractivity contribution in [2.75, 3.05) is 32.1 Å². The number of hydrogen-bond acceptors (Lipinski definition) is 5. The van der Waals surface area contributed by atoms with Gasteiger partial charge < -0.3 is 10.1 Å². The van der Waals surface area contributed by atoms with Crippen molar-refractivity contribution in [1.29, 1.82) is 0 Å². The van der Waals surface area contributed by atoms with Crippen LogP contribution in [0.1, 0.15) is 37.7 Å². The minimum Gasteiger partial charge on any atom is -0.453 e. The maximum atomic E-state index is 13.0. The highest BCUT2D eigenvalue weighted by Gasteiger charge is 2.35. The Morgan fingerprint density at radius 2 is 1.82 bits per heavy atom. The lowest BCUT2D eigenvalue weighted by atomic mass is 10.2. The SMILES string of the molecule is COC(=O)N1CCCC1C(=O)Nc1ccc(C)c(S(=O)(=O)N2CCCCC2)c1. The predicted octanol–water partition coefficient (Wildman–Crippen LogP) is 2.34. The van der Waals surface area contributed by atoms with E-state index in [4.69, 9.17) is 4.74 Å². The number of carbonyl (C=O) groups excluding carboxylic acids is 2. The lowest BCUT2D eigenvalue weighted by molar-refractivity contribution is -0.119. The number of piperidine rings is 1. The molecule has 2 fully saturated rings. The number of ether oxygens (including phenoxy) is 1. The average Bonchev–Trinajstić information content (AvgIpc) is 3.19. The second-order valence-electron chi connectivity index (χ2n) is 7.26. The fraction of sp³-hybridized carbons (Fsp3) is 0.579. The number of sulfonamides is 1. The van der Waals surface area contributed by atoms with Crippen LogP contribution in [0.4, 0.5) is 10.5 Å². The number of anilines is 1. The van der Waals surface area contributed by atoms with Crippen LogP contribution < -0.4 is 5.32 Å². The third-order valence-corrected chi connectivity index (χ3v) is 7.39. The summed E-state index contributed by atoms with van der Waals surface area (Å²) in [5, 5.41) is 2.76. The number of likely N-dealkylation sites (tertiary alicyclic amines) is 1. The largest absolute Gasteiger partial charge is 0.453 e. The summed E-state index contributed by atoms with van der Waals surface area (Å²) >= 11 is 0. The number of nitrogens with one attached hydrogen (secondary N) is 1. The highest BCUT2D eigenvalue weighted by atomic mass is 32.2. The Balaban J connectivity index is 1.79. The number of nitrogens with zero attached hydrogens (tertiary/aromatic N) is 2. The molecule has 28 heavy (non-hydrogen) atoms. The molecule has 154 valence electrons. The maximum Gasteiger partial charge on any atom is 0.410 e. The van der Waals surface area contributed by atoms with Crippen molar-refractivity contribution in [3.8, 4) is 0 Å². The Labute approximate surface area is 165 Å². The average molecular weight is 410 g/mol. The van der Waals surface area contributed by atoms with E-state index in [2.05, 4.69) is 5.32 Å². The number of amides is 2. The quantitative estimate of drug-likeness (QED) is 0.823. The lowest BCUT2D eigenvalue weighted by Gasteiger charge is -2.27. The Morgan fingerprint density at radius 3 is 2.50 bits per heavy atom. The highest BCUT2D eigenvalue weighted by molar-refractivity contribution is 7.89. The van der Waals surface area contributed by atoms with Crippen molar-refractivity contribution in [2.45, 2.75) is 50.0 Å². The van der Waals surface area contributed by atoms with Gasteiger partial charge in [0.05, 0.1) is 12.0 Å². The van der Waals surface area contributed by atoms with Crippen LogP contribution in [0.5, 0.6) is 0 Å². The van der Waals surface area contributed by atoms with Crippen LogP contribution in [0.25, 0.3) is 0 Å². The summed E-state index contributed by atoms with van der Waals surface area (Å²) in [5.74, 6) is -0.340. The molecule has 0 aliphatic carbocycles. The standard InChI is InChI=1S/C19H27N3O5S/c1-14-8-9-15(13-17(14)28(25,26)21-10-4-3-5-11-21)20-18(23)16-7-6-12-22(16)19(24)27-2/h8-9,13,16H,3-7,10-12H2,1-2H3,(H,20,23). The molecular formula is C19H27N3O5S. The van der Waals surface area contributed by atoms with Gasteiger partial charge in [-0.15, -0.1) is 0 Å². The zero-order valence-corrected chi connectivity index (χ0v) is 17.1. The van der Waals surface area contributed by atoms with Crippen LogP contribution in [-0.2, 0) is 19.6 Å².